The molecule has 0 aliphatic carbocycles. The highest BCUT2D eigenvalue weighted by Crippen LogP contribution is 2.28. The van der Waals surface area contributed by atoms with Crippen LogP contribution in [0.25, 0.3) is 0 Å². The van der Waals surface area contributed by atoms with Crippen molar-refractivity contribution in [1.82, 2.24) is 10.2 Å². The third-order valence-electron chi connectivity index (χ3n) is 5.47. The Morgan fingerprint density at radius 2 is 1.72 bits per heavy atom. The van der Waals surface area contributed by atoms with Crippen molar-refractivity contribution in [1.29, 1.82) is 0 Å². The molecule has 0 radical (unpaired) electrons. The molecule has 0 unspecified atom stereocenters. The Morgan fingerprint density at radius 3 is 2.36 bits per heavy atom. The minimum atomic E-state index is -0.791. The predicted molar refractivity (Wildman–Crippen MR) is 143 cm³/mol. The molecule has 3 aromatic rings. The van der Waals surface area contributed by atoms with Gasteiger partial charge in [0.1, 0.15) is 17.6 Å². The molecule has 0 spiro atoms. The minimum Gasteiger partial charge on any atom is -0.483 e. The Bertz CT molecular complexity index is 1160. The van der Waals surface area contributed by atoms with Gasteiger partial charge >= 0.3 is 0 Å². The van der Waals surface area contributed by atoms with Crippen LogP contribution in [0.3, 0.4) is 0 Å². The van der Waals surface area contributed by atoms with Crippen molar-refractivity contribution in [3.8, 4) is 5.75 Å². The van der Waals surface area contributed by atoms with Crippen molar-refractivity contribution >= 4 is 39.3 Å². The number of ether oxygens (including phenoxy) is 1. The fourth-order valence-electron chi connectivity index (χ4n) is 3.58. The lowest BCUT2D eigenvalue weighted by molar-refractivity contribution is -0.142. The van der Waals surface area contributed by atoms with E-state index in [1.807, 2.05) is 44.2 Å². The molecule has 0 aliphatic rings. The summed E-state index contributed by atoms with van der Waals surface area (Å²) in [5, 5.41) is 3.50. The summed E-state index contributed by atoms with van der Waals surface area (Å²) in [4.78, 5) is 28.4. The van der Waals surface area contributed by atoms with E-state index >= 15 is 0 Å². The standard InChI is InChI=1S/C28H29BrClFN2O3/c1-19(2)16-32-28(35)25(14-20-6-4-3-5-7-20)33(17-21-8-11-23(31)12-9-21)27(34)18-36-26-13-10-22(30)15-24(26)29/h3-13,15,19,25H,14,16-18H2,1-2H3,(H,32,35)/t25-/m1/s1. The van der Waals surface area contributed by atoms with Crippen LogP contribution in [0.15, 0.2) is 77.3 Å². The topological polar surface area (TPSA) is 58.6 Å². The highest BCUT2D eigenvalue weighted by molar-refractivity contribution is 9.10. The van der Waals surface area contributed by atoms with Gasteiger partial charge in [0.2, 0.25) is 5.91 Å². The summed E-state index contributed by atoms with van der Waals surface area (Å²) in [5.74, 6) is -0.294. The number of hydrogen-bond donors (Lipinski definition) is 1. The Morgan fingerprint density at radius 1 is 1.03 bits per heavy atom. The summed E-state index contributed by atoms with van der Waals surface area (Å²) in [6, 6.07) is 19.6. The van der Waals surface area contributed by atoms with Crippen molar-refractivity contribution in [2.24, 2.45) is 5.92 Å². The molecular formula is C28H29BrClFN2O3. The fraction of sp³-hybridized carbons (Fsp3) is 0.286. The van der Waals surface area contributed by atoms with E-state index in [1.54, 1.807) is 30.3 Å². The molecule has 3 rings (SSSR count). The molecule has 2 amide bonds. The lowest BCUT2D eigenvalue weighted by Gasteiger charge is -2.31. The van der Waals surface area contributed by atoms with Gasteiger partial charge in [-0.25, -0.2) is 4.39 Å². The smallest absolute Gasteiger partial charge is 0.261 e. The molecule has 0 bridgehead atoms. The highest BCUT2D eigenvalue weighted by Gasteiger charge is 2.31. The van der Waals surface area contributed by atoms with Crippen molar-refractivity contribution in [2.45, 2.75) is 32.9 Å². The van der Waals surface area contributed by atoms with Gasteiger partial charge in [-0.05, 0) is 63.3 Å². The average Bonchev–Trinajstić information content (AvgIpc) is 2.85. The molecule has 5 nitrogen and oxygen atoms in total. The van der Waals surface area contributed by atoms with Gasteiger partial charge in [-0.2, -0.15) is 0 Å². The van der Waals surface area contributed by atoms with Crippen LogP contribution in [0.1, 0.15) is 25.0 Å². The molecule has 3 aromatic carbocycles. The van der Waals surface area contributed by atoms with Gasteiger partial charge in [-0.3, -0.25) is 9.59 Å². The Balaban J connectivity index is 1.90. The van der Waals surface area contributed by atoms with Crippen molar-refractivity contribution in [3.05, 3.63) is 99.2 Å². The number of hydrogen-bond acceptors (Lipinski definition) is 3. The van der Waals surface area contributed by atoms with E-state index in [4.69, 9.17) is 16.3 Å². The van der Waals surface area contributed by atoms with E-state index in [1.165, 1.54) is 17.0 Å². The normalized spacial score (nSPS) is 11.7. The number of benzene rings is 3. The van der Waals surface area contributed by atoms with Crippen molar-refractivity contribution < 1.29 is 18.7 Å². The van der Waals surface area contributed by atoms with Crippen LogP contribution in [0, 0.1) is 11.7 Å². The molecule has 8 heteroatoms. The van der Waals surface area contributed by atoms with Crippen LogP contribution in [-0.4, -0.2) is 35.9 Å². The number of rotatable bonds is 11. The average molecular weight is 576 g/mol. The molecular weight excluding hydrogens is 547 g/mol. The van der Waals surface area contributed by atoms with E-state index in [-0.39, 0.29) is 36.7 Å². The summed E-state index contributed by atoms with van der Waals surface area (Å²) < 4.78 is 19.9. The van der Waals surface area contributed by atoms with Crippen LogP contribution >= 0.6 is 27.5 Å². The molecule has 0 heterocycles. The molecule has 0 aliphatic heterocycles. The third-order valence-corrected chi connectivity index (χ3v) is 6.32. The summed E-state index contributed by atoms with van der Waals surface area (Å²) >= 11 is 9.40. The maximum Gasteiger partial charge on any atom is 0.261 e. The fourth-order valence-corrected chi connectivity index (χ4v) is 4.37. The van der Waals surface area contributed by atoms with Crippen molar-refractivity contribution in [3.63, 3.8) is 0 Å². The van der Waals surface area contributed by atoms with E-state index < -0.39 is 6.04 Å². The van der Waals surface area contributed by atoms with Crippen molar-refractivity contribution in [2.75, 3.05) is 13.2 Å². The van der Waals surface area contributed by atoms with Crippen LogP contribution in [0.4, 0.5) is 4.39 Å². The molecule has 0 saturated carbocycles. The summed E-state index contributed by atoms with van der Waals surface area (Å²) in [6.45, 7) is 4.33. The lowest BCUT2D eigenvalue weighted by Crippen LogP contribution is -2.52. The molecule has 0 fully saturated rings. The summed E-state index contributed by atoms with van der Waals surface area (Å²) in [6.07, 6.45) is 0.322. The number of carbonyl (C=O) groups is 2. The van der Waals surface area contributed by atoms with E-state index in [0.29, 0.717) is 33.8 Å². The number of nitrogens with one attached hydrogen (secondary N) is 1. The monoisotopic (exact) mass is 574 g/mol. The molecule has 0 aromatic heterocycles. The lowest BCUT2D eigenvalue weighted by atomic mass is 10.0. The first-order valence-corrected chi connectivity index (χ1v) is 12.8. The zero-order valence-electron chi connectivity index (χ0n) is 20.2. The SMILES string of the molecule is CC(C)CNC(=O)[C@@H](Cc1ccccc1)N(Cc1ccc(F)cc1)C(=O)COc1ccc(Cl)cc1Br. The first-order chi connectivity index (χ1) is 17.2. The quantitative estimate of drug-likeness (QED) is 0.304. The van der Waals surface area contributed by atoms with Crippen LogP contribution in [0.2, 0.25) is 5.02 Å². The predicted octanol–water partition coefficient (Wildman–Crippen LogP) is 6.03. The molecule has 36 heavy (non-hydrogen) atoms. The van der Waals surface area contributed by atoms with Crippen LogP contribution in [0.5, 0.6) is 5.75 Å². The van der Waals surface area contributed by atoms with Gasteiger partial charge in [0, 0.05) is 24.5 Å². The second-order valence-corrected chi connectivity index (χ2v) is 10.1. The summed E-state index contributed by atoms with van der Waals surface area (Å²) in [5.41, 5.74) is 1.62. The third kappa shape index (κ3) is 8.35. The van der Waals surface area contributed by atoms with Crippen LogP contribution in [-0.2, 0) is 22.6 Å². The first kappa shape index (κ1) is 27.7. The minimum absolute atomic E-state index is 0.122. The second-order valence-electron chi connectivity index (χ2n) is 8.86. The van der Waals surface area contributed by atoms with Gasteiger partial charge in [0.15, 0.2) is 6.61 Å². The zero-order valence-corrected chi connectivity index (χ0v) is 22.6. The molecule has 1 N–H and O–H groups in total. The van der Waals surface area contributed by atoms with Gasteiger partial charge in [-0.1, -0.05) is 67.9 Å². The Hall–Kier alpha value is -2.90. The summed E-state index contributed by atoms with van der Waals surface area (Å²) in [7, 11) is 0. The van der Waals surface area contributed by atoms with E-state index in [0.717, 1.165) is 5.56 Å². The number of halogens is 3. The maximum absolute atomic E-state index is 13.5. The maximum atomic E-state index is 13.5. The largest absolute Gasteiger partial charge is 0.483 e. The zero-order chi connectivity index (χ0) is 26.1. The second kappa shape index (κ2) is 13.4. The number of nitrogens with zero attached hydrogens (tertiary/aromatic N) is 1. The van der Waals surface area contributed by atoms with E-state index in [2.05, 4.69) is 21.2 Å². The molecule has 190 valence electrons. The van der Waals surface area contributed by atoms with E-state index in [9.17, 15) is 14.0 Å². The van der Waals surface area contributed by atoms with Gasteiger partial charge in [0.25, 0.3) is 5.91 Å². The first-order valence-electron chi connectivity index (χ1n) is 11.7. The van der Waals surface area contributed by atoms with Gasteiger partial charge in [0.05, 0.1) is 4.47 Å². The van der Waals surface area contributed by atoms with Crippen LogP contribution < -0.4 is 10.1 Å². The highest BCUT2D eigenvalue weighted by atomic mass is 79.9. The Labute approximate surface area is 224 Å². The molecule has 1 atom stereocenters. The number of carbonyl (C=O) groups excluding carboxylic acids is 2. The Kier molecular flexibility index (Phi) is 10.3. The van der Waals surface area contributed by atoms with Gasteiger partial charge in [-0.15, -0.1) is 0 Å². The molecule has 0 saturated heterocycles. The number of amides is 2. The van der Waals surface area contributed by atoms with Gasteiger partial charge < -0.3 is 15.0 Å².